The molecular weight excluding hydrogens is 330 g/mol. The van der Waals surface area contributed by atoms with E-state index in [-0.39, 0.29) is 5.91 Å². The van der Waals surface area contributed by atoms with Crippen LogP contribution >= 0.6 is 12.2 Å². The molecule has 0 spiro atoms. The van der Waals surface area contributed by atoms with E-state index in [4.69, 9.17) is 12.2 Å². The molecule has 0 aliphatic heterocycles. The van der Waals surface area contributed by atoms with Crippen LogP contribution in [0.2, 0.25) is 0 Å². The molecule has 4 nitrogen and oxygen atoms in total. The largest absolute Gasteiger partial charge is 0.360 e. The van der Waals surface area contributed by atoms with Gasteiger partial charge < -0.3 is 16.0 Å². The predicted molar refractivity (Wildman–Crippen MR) is 111 cm³/mol. The molecule has 0 fully saturated rings. The fraction of sp³-hybridized carbons (Fsp3) is 0.200. The van der Waals surface area contributed by atoms with Crippen molar-refractivity contribution in [2.75, 3.05) is 10.6 Å². The average Bonchev–Trinajstić information content (AvgIpc) is 2.54. The van der Waals surface area contributed by atoms with Crippen molar-refractivity contribution in [3.05, 3.63) is 59.7 Å². The Morgan fingerprint density at radius 3 is 1.72 bits per heavy atom. The highest BCUT2D eigenvalue weighted by molar-refractivity contribution is 7.80. The third-order valence-corrected chi connectivity index (χ3v) is 3.51. The molecule has 2 rings (SSSR count). The highest BCUT2D eigenvalue weighted by Gasteiger charge is 1.99. The summed E-state index contributed by atoms with van der Waals surface area (Å²) in [5, 5.41) is 9.68. The molecule has 0 heterocycles. The fourth-order valence-corrected chi connectivity index (χ4v) is 2.53. The van der Waals surface area contributed by atoms with E-state index < -0.39 is 0 Å². The minimum absolute atomic E-state index is 0.0694. The lowest BCUT2D eigenvalue weighted by atomic mass is 10.1. The molecule has 2 aromatic rings. The van der Waals surface area contributed by atoms with Crippen molar-refractivity contribution in [2.45, 2.75) is 26.8 Å². The second-order valence-corrected chi connectivity index (χ2v) is 6.42. The first-order valence-corrected chi connectivity index (χ1v) is 8.56. The topological polar surface area (TPSA) is 53.2 Å². The number of carbonyl (C=O) groups is 1. The number of benzene rings is 2. The van der Waals surface area contributed by atoms with E-state index in [1.165, 1.54) is 6.92 Å². The van der Waals surface area contributed by atoms with Crippen LogP contribution in [0.4, 0.5) is 11.4 Å². The van der Waals surface area contributed by atoms with Crippen molar-refractivity contribution < 1.29 is 4.79 Å². The van der Waals surface area contributed by atoms with Gasteiger partial charge in [-0.25, -0.2) is 0 Å². The molecule has 3 N–H and O–H groups in total. The molecule has 130 valence electrons. The SMILES string of the molecule is CC(=O)Nc1ccc(/C=C/c2ccc(NC(=S)NC(C)C)cc2)cc1. The van der Waals surface area contributed by atoms with Crippen molar-refractivity contribution >= 4 is 46.8 Å². The first kappa shape index (κ1) is 18.7. The van der Waals surface area contributed by atoms with E-state index in [0.29, 0.717) is 11.2 Å². The molecule has 0 radical (unpaired) electrons. The molecule has 1 amide bonds. The summed E-state index contributed by atoms with van der Waals surface area (Å²) in [6.07, 6.45) is 4.08. The van der Waals surface area contributed by atoms with E-state index in [9.17, 15) is 4.79 Å². The Bertz CT molecular complexity index is 750. The monoisotopic (exact) mass is 353 g/mol. The highest BCUT2D eigenvalue weighted by atomic mass is 32.1. The Kier molecular flexibility index (Phi) is 6.71. The van der Waals surface area contributed by atoms with Gasteiger partial charge in [0.05, 0.1) is 0 Å². The van der Waals surface area contributed by atoms with Crippen LogP contribution in [-0.2, 0) is 4.79 Å². The third kappa shape index (κ3) is 6.77. The minimum atomic E-state index is -0.0694. The van der Waals surface area contributed by atoms with Crippen LogP contribution in [0.5, 0.6) is 0 Å². The van der Waals surface area contributed by atoms with E-state index in [2.05, 4.69) is 16.0 Å². The Morgan fingerprint density at radius 1 is 0.880 bits per heavy atom. The first-order valence-electron chi connectivity index (χ1n) is 8.16. The maximum absolute atomic E-state index is 11.0. The summed E-state index contributed by atoms with van der Waals surface area (Å²) in [7, 11) is 0. The number of anilines is 2. The third-order valence-electron chi connectivity index (χ3n) is 3.29. The van der Waals surface area contributed by atoms with Crippen LogP contribution in [0.15, 0.2) is 48.5 Å². The molecule has 25 heavy (non-hydrogen) atoms. The summed E-state index contributed by atoms with van der Waals surface area (Å²) >= 11 is 5.23. The second-order valence-electron chi connectivity index (χ2n) is 6.01. The molecule has 0 aliphatic carbocycles. The maximum Gasteiger partial charge on any atom is 0.221 e. The fourth-order valence-electron chi connectivity index (χ4n) is 2.18. The number of amides is 1. The van der Waals surface area contributed by atoms with Gasteiger partial charge in [-0.2, -0.15) is 0 Å². The Hall–Kier alpha value is -2.66. The summed E-state index contributed by atoms with van der Waals surface area (Å²) in [4.78, 5) is 11.0. The zero-order valence-electron chi connectivity index (χ0n) is 14.7. The summed E-state index contributed by atoms with van der Waals surface area (Å²) in [6.45, 7) is 5.59. The minimum Gasteiger partial charge on any atom is -0.360 e. The second kappa shape index (κ2) is 8.99. The van der Waals surface area contributed by atoms with Gasteiger partial charge in [0.1, 0.15) is 0 Å². The van der Waals surface area contributed by atoms with E-state index in [1.54, 1.807) is 0 Å². The van der Waals surface area contributed by atoms with E-state index in [1.807, 2.05) is 74.5 Å². The van der Waals surface area contributed by atoms with Crippen LogP contribution in [0, 0.1) is 0 Å². The average molecular weight is 353 g/mol. The van der Waals surface area contributed by atoms with Crippen LogP contribution in [0.3, 0.4) is 0 Å². The molecule has 5 heteroatoms. The standard InChI is InChI=1S/C20H23N3OS/c1-14(2)21-20(25)23-19-12-8-17(9-13-19)5-4-16-6-10-18(11-7-16)22-15(3)24/h4-14H,1-3H3,(H,22,24)(H2,21,23,25)/b5-4+. The van der Waals surface area contributed by atoms with Crippen molar-refractivity contribution in [1.29, 1.82) is 0 Å². The molecular formula is C20H23N3OS. The number of carbonyl (C=O) groups excluding carboxylic acids is 1. The molecule has 0 saturated carbocycles. The van der Waals surface area contributed by atoms with Gasteiger partial charge in [-0.15, -0.1) is 0 Å². The lowest BCUT2D eigenvalue weighted by molar-refractivity contribution is -0.114. The quantitative estimate of drug-likeness (QED) is 0.547. The molecule has 0 saturated heterocycles. The Balaban J connectivity index is 1.95. The normalized spacial score (nSPS) is 10.7. The number of thiocarbonyl (C=S) groups is 1. The summed E-state index contributed by atoms with van der Waals surface area (Å²) in [6, 6.07) is 16.1. The molecule has 2 aromatic carbocycles. The summed E-state index contributed by atoms with van der Waals surface area (Å²) < 4.78 is 0. The van der Waals surface area contributed by atoms with E-state index in [0.717, 1.165) is 22.5 Å². The van der Waals surface area contributed by atoms with E-state index >= 15 is 0 Å². The number of hydrogen-bond donors (Lipinski definition) is 3. The van der Waals surface area contributed by atoms with Gasteiger partial charge in [-0.3, -0.25) is 4.79 Å². The van der Waals surface area contributed by atoms with Gasteiger partial charge in [0, 0.05) is 24.3 Å². The van der Waals surface area contributed by atoms with Crippen LogP contribution in [-0.4, -0.2) is 17.1 Å². The zero-order chi connectivity index (χ0) is 18.2. The van der Waals surface area contributed by atoms with Crippen molar-refractivity contribution in [3.8, 4) is 0 Å². The predicted octanol–water partition coefficient (Wildman–Crippen LogP) is 4.51. The molecule has 0 bridgehead atoms. The Labute approximate surface area is 154 Å². The van der Waals surface area contributed by atoms with Gasteiger partial charge >= 0.3 is 0 Å². The van der Waals surface area contributed by atoms with Gasteiger partial charge in [-0.1, -0.05) is 36.4 Å². The maximum atomic E-state index is 11.0. The smallest absolute Gasteiger partial charge is 0.221 e. The van der Waals surface area contributed by atoms with Gasteiger partial charge in [0.2, 0.25) is 5.91 Å². The van der Waals surface area contributed by atoms with Gasteiger partial charge in [0.25, 0.3) is 0 Å². The Morgan fingerprint density at radius 2 is 1.32 bits per heavy atom. The first-order chi connectivity index (χ1) is 11.9. The zero-order valence-corrected chi connectivity index (χ0v) is 15.5. The molecule has 0 aliphatic rings. The van der Waals surface area contributed by atoms with Crippen LogP contribution < -0.4 is 16.0 Å². The van der Waals surface area contributed by atoms with Crippen molar-refractivity contribution in [2.24, 2.45) is 0 Å². The number of rotatable bonds is 5. The van der Waals surface area contributed by atoms with Crippen LogP contribution in [0.25, 0.3) is 12.2 Å². The molecule has 0 unspecified atom stereocenters. The van der Waals surface area contributed by atoms with Gasteiger partial charge in [-0.05, 0) is 61.5 Å². The lowest BCUT2D eigenvalue weighted by Crippen LogP contribution is -2.33. The molecule has 0 atom stereocenters. The van der Waals surface area contributed by atoms with Crippen molar-refractivity contribution in [3.63, 3.8) is 0 Å². The van der Waals surface area contributed by atoms with Crippen LogP contribution in [0.1, 0.15) is 31.9 Å². The summed E-state index contributed by atoms with van der Waals surface area (Å²) in [5.74, 6) is -0.0694. The number of hydrogen-bond acceptors (Lipinski definition) is 2. The van der Waals surface area contributed by atoms with Gasteiger partial charge in [0.15, 0.2) is 5.11 Å². The highest BCUT2D eigenvalue weighted by Crippen LogP contribution is 2.15. The summed E-state index contributed by atoms with van der Waals surface area (Å²) in [5.41, 5.74) is 3.92. The lowest BCUT2D eigenvalue weighted by Gasteiger charge is -2.13. The molecule has 0 aromatic heterocycles. The number of nitrogens with one attached hydrogen (secondary N) is 3. The van der Waals surface area contributed by atoms with Crippen molar-refractivity contribution in [1.82, 2.24) is 5.32 Å².